The molecule has 114 valence electrons. The molecule has 0 aromatic carbocycles. The molecule has 4 aliphatic rings. The molecule has 3 heteroatoms. The lowest BCUT2D eigenvalue weighted by molar-refractivity contribution is 0.129. The molecule has 1 aromatic rings. The van der Waals surface area contributed by atoms with Gasteiger partial charge < -0.3 is 5.32 Å². The van der Waals surface area contributed by atoms with Gasteiger partial charge >= 0.3 is 0 Å². The van der Waals surface area contributed by atoms with E-state index >= 15 is 0 Å². The van der Waals surface area contributed by atoms with E-state index in [1.807, 2.05) is 0 Å². The minimum atomic E-state index is 0.703. The topological polar surface area (TPSA) is 37.8 Å². The van der Waals surface area contributed by atoms with E-state index in [0.29, 0.717) is 6.04 Å². The third-order valence-corrected chi connectivity index (χ3v) is 5.98. The van der Waals surface area contributed by atoms with Gasteiger partial charge in [-0.2, -0.15) is 0 Å². The fraction of sp³-hybridized carbons (Fsp3) is 0.778. The lowest BCUT2D eigenvalue weighted by Gasteiger charge is -2.39. The summed E-state index contributed by atoms with van der Waals surface area (Å²) >= 11 is 0. The molecule has 1 aromatic heterocycles. The maximum absolute atomic E-state index is 4.58. The van der Waals surface area contributed by atoms with E-state index in [1.54, 1.807) is 0 Å². The molecule has 3 unspecified atom stereocenters. The van der Waals surface area contributed by atoms with E-state index in [1.165, 1.54) is 38.5 Å². The Morgan fingerprint density at radius 1 is 0.905 bits per heavy atom. The highest BCUT2D eigenvalue weighted by Crippen LogP contribution is 2.51. The van der Waals surface area contributed by atoms with Gasteiger partial charge in [-0.1, -0.05) is 0 Å². The first kappa shape index (κ1) is 13.7. The van der Waals surface area contributed by atoms with E-state index in [2.05, 4.69) is 35.2 Å². The maximum atomic E-state index is 4.58. The normalized spacial score (nSPS) is 37.7. The Hall–Kier alpha value is -0.960. The second-order valence-electron chi connectivity index (χ2n) is 7.83. The predicted octanol–water partition coefficient (Wildman–Crippen LogP) is 3.40. The first-order chi connectivity index (χ1) is 10.2. The Labute approximate surface area is 128 Å². The van der Waals surface area contributed by atoms with Gasteiger partial charge in [0.15, 0.2) is 0 Å². The van der Waals surface area contributed by atoms with Crippen LogP contribution in [0.4, 0.5) is 0 Å². The van der Waals surface area contributed by atoms with Crippen LogP contribution in [0.15, 0.2) is 6.07 Å². The Bertz CT molecular complexity index is 493. The van der Waals surface area contributed by atoms with Crippen molar-refractivity contribution in [3.05, 3.63) is 23.3 Å². The van der Waals surface area contributed by atoms with Crippen molar-refractivity contribution in [1.29, 1.82) is 0 Å². The van der Waals surface area contributed by atoms with Gasteiger partial charge in [0.2, 0.25) is 0 Å². The summed E-state index contributed by atoms with van der Waals surface area (Å²) in [5, 5.41) is 3.82. The Morgan fingerprint density at radius 2 is 1.48 bits per heavy atom. The summed E-state index contributed by atoms with van der Waals surface area (Å²) in [5.41, 5.74) is 2.17. The molecule has 0 amide bonds. The van der Waals surface area contributed by atoms with Crippen molar-refractivity contribution >= 4 is 0 Å². The Balaban J connectivity index is 1.45. The molecule has 21 heavy (non-hydrogen) atoms. The van der Waals surface area contributed by atoms with E-state index < -0.39 is 0 Å². The smallest absolute Gasteiger partial charge is 0.142 e. The second kappa shape index (κ2) is 5.35. The summed E-state index contributed by atoms with van der Waals surface area (Å²) < 4.78 is 0. The van der Waals surface area contributed by atoms with E-state index in [4.69, 9.17) is 0 Å². The molecular formula is C18H27N3. The highest BCUT2D eigenvalue weighted by molar-refractivity contribution is 5.08. The summed E-state index contributed by atoms with van der Waals surface area (Å²) in [5.74, 6) is 4.94. The van der Waals surface area contributed by atoms with Crippen LogP contribution in [0.1, 0.15) is 55.7 Å². The molecule has 0 saturated heterocycles. The van der Waals surface area contributed by atoms with Crippen LogP contribution < -0.4 is 5.32 Å². The zero-order valence-corrected chi connectivity index (χ0v) is 13.3. The minimum absolute atomic E-state index is 0.703. The molecule has 5 rings (SSSR count). The van der Waals surface area contributed by atoms with Crippen molar-refractivity contribution in [2.45, 2.75) is 65.0 Å². The van der Waals surface area contributed by atoms with Crippen molar-refractivity contribution in [1.82, 2.24) is 15.3 Å². The van der Waals surface area contributed by atoms with Gasteiger partial charge in [-0.05, 0) is 82.1 Å². The average Bonchev–Trinajstić information content (AvgIpc) is 2.59. The lowest BCUT2D eigenvalue weighted by atomic mass is 9.67. The number of nitrogens with one attached hydrogen (secondary N) is 1. The number of aryl methyl sites for hydroxylation is 2. The summed E-state index contributed by atoms with van der Waals surface area (Å²) in [6, 6.07) is 2.75. The van der Waals surface area contributed by atoms with E-state index in [-0.39, 0.29) is 0 Å². The molecule has 1 N–H and O–H groups in total. The molecule has 4 bridgehead atoms. The largest absolute Gasteiger partial charge is 0.307 e. The molecule has 0 aliphatic heterocycles. The molecule has 4 fully saturated rings. The first-order valence-electron chi connectivity index (χ1n) is 8.70. The Morgan fingerprint density at radius 3 is 2.10 bits per heavy atom. The molecule has 3 atom stereocenters. The first-order valence-corrected chi connectivity index (χ1v) is 8.70. The number of hydrogen-bond acceptors (Lipinski definition) is 3. The van der Waals surface area contributed by atoms with Crippen LogP contribution >= 0.6 is 0 Å². The van der Waals surface area contributed by atoms with Crippen LogP contribution in [0.25, 0.3) is 0 Å². The summed E-state index contributed by atoms with van der Waals surface area (Å²) in [4.78, 5) is 9.15. The summed E-state index contributed by atoms with van der Waals surface area (Å²) in [6.45, 7) is 4.96. The molecular weight excluding hydrogens is 258 g/mol. The SMILES string of the molecule is Cc1cc(C)nc(CNC2CC3CC4CC(C3)CC2C4)n1. The summed E-state index contributed by atoms with van der Waals surface area (Å²) in [7, 11) is 0. The van der Waals surface area contributed by atoms with Crippen LogP contribution in [0.3, 0.4) is 0 Å². The van der Waals surface area contributed by atoms with Crippen LogP contribution in [-0.2, 0) is 6.54 Å². The van der Waals surface area contributed by atoms with Gasteiger partial charge in [-0.25, -0.2) is 9.97 Å². The van der Waals surface area contributed by atoms with Crippen LogP contribution in [0.2, 0.25) is 0 Å². The summed E-state index contributed by atoms with van der Waals surface area (Å²) in [6.07, 6.45) is 8.87. The fourth-order valence-corrected chi connectivity index (χ4v) is 5.46. The second-order valence-corrected chi connectivity index (χ2v) is 7.83. The highest BCUT2D eigenvalue weighted by Gasteiger charge is 2.43. The fourth-order valence-electron chi connectivity index (χ4n) is 5.46. The van der Waals surface area contributed by atoms with E-state index in [9.17, 15) is 0 Å². The number of hydrogen-bond donors (Lipinski definition) is 1. The van der Waals surface area contributed by atoms with E-state index in [0.717, 1.165) is 47.4 Å². The van der Waals surface area contributed by atoms with Gasteiger partial charge in [-0.15, -0.1) is 0 Å². The van der Waals surface area contributed by atoms with Crippen molar-refractivity contribution in [2.24, 2.45) is 23.7 Å². The van der Waals surface area contributed by atoms with Gasteiger partial charge in [0.25, 0.3) is 0 Å². The minimum Gasteiger partial charge on any atom is -0.307 e. The van der Waals surface area contributed by atoms with Crippen molar-refractivity contribution in [3.8, 4) is 0 Å². The molecule has 4 aliphatic carbocycles. The van der Waals surface area contributed by atoms with Crippen molar-refractivity contribution < 1.29 is 0 Å². The zero-order valence-electron chi connectivity index (χ0n) is 13.3. The Kier molecular flexibility index (Phi) is 3.49. The number of fused-ring (bicyclic) bond motifs is 1. The number of nitrogens with zero attached hydrogens (tertiary/aromatic N) is 2. The maximum Gasteiger partial charge on any atom is 0.142 e. The van der Waals surface area contributed by atoms with Crippen LogP contribution in [0.5, 0.6) is 0 Å². The van der Waals surface area contributed by atoms with Crippen LogP contribution in [-0.4, -0.2) is 16.0 Å². The third kappa shape index (κ3) is 2.85. The van der Waals surface area contributed by atoms with Crippen molar-refractivity contribution in [2.75, 3.05) is 0 Å². The van der Waals surface area contributed by atoms with Crippen molar-refractivity contribution in [3.63, 3.8) is 0 Å². The van der Waals surface area contributed by atoms with Gasteiger partial charge in [-0.3, -0.25) is 0 Å². The molecule has 0 spiro atoms. The molecule has 0 radical (unpaired) electrons. The number of rotatable bonds is 3. The lowest BCUT2D eigenvalue weighted by Crippen LogP contribution is -2.37. The van der Waals surface area contributed by atoms with Crippen LogP contribution in [0, 0.1) is 37.5 Å². The standard InChI is InChI=1S/C18H27N3/c1-11-3-12(2)21-18(20-11)10-19-17-9-15-5-13-4-14(6-15)8-16(17)7-13/h3,13-17,19H,4-10H2,1-2H3. The quantitative estimate of drug-likeness (QED) is 0.925. The predicted molar refractivity (Wildman–Crippen MR) is 83.8 cm³/mol. The molecule has 3 nitrogen and oxygen atoms in total. The monoisotopic (exact) mass is 285 g/mol. The third-order valence-electron chi connectivity index (χ3n) is 5.98. The van der Waals surface area contributed by atoms with Gasteiger partial charge in [0.1, 0.15) is 5.82 Å². The molecule has 1 heterocycles. The van der Waals surface area contributed by atoms with Gasteiger partial charge in [0, 0.05) is 17.4 Å². The van der Waals surface area contributed by atoms with Gasteiger partial charge in [0.05, 0.1) is 6.54 Å². The zero-order chi connectivity index (χ0) is 14.4. The average molecular weight is 285 g/mol. The number of aromatic nitrogens is 2. The molecule has 4 saturated carbocycles. The highest BCUT2D eigenvalue weighted by atomic mass is 15.0.